The molecule has 0 amide bonds. The van der Waals surface area contributed by atoms with Crippen molar-refractivity contribution in [1.82, 2.24) is 18.7 Å². The van der Waals surface area contributed by atoms with Gasteiger partial charge in [-0.15, -0.1) is 0 Å². The molecular formula is C20H28ClN5O4. The number of phenols is 1. The number of hydrogen-bond acceptors (Lipinski definition) is 5. The molecule has 3 aromatic rings. The number of aromatic hydroxyl groups is 1. The minimum absolute atomic E-state index is 0. The summed E-state index contributed by atoms with van der Waals surface area (Å²) >= 11 is 0. The molecule has 0 bridgehead atoms. The Morgan fingerprint density at radius 1 is 1.20 bits per heavy atom. The summed E-state index contributed by atoms with van der Waals surface area (Å²) in [6, 6.07) is 5.12. The van der Waals surface area contributed by atoms with Crippen LogP contribution < -0.4 is 29.0 Å². The van der Waals surface area contributed by atoms with Gasteiger partial charge in [-0.2, -0.15) is 0 Å². The molecule has 164 valence electrons. The van der Waals surface area contributed by atoms with Gasteiger partial charge in [0.05, 0.1) is 12.9 Å². The number of hydrogen-bond donors (Lipinski definition) is 3. The molecule has 3 rings (SSSR count). The fraction of sp³-hybridized carbons (Fsp3) is 0.450. The van der Waals surface area contributed by atoms with Crippen LogP contribution in [0.5, 0.6) is 5.75 Å². The van der Waals surface area contributed by atoms with Gasteiger partial charge in [-0.05, 0) is 31.0 Å². The molecule has 0 fully saturated rings. The molecule has 0 aliphatic rings. The Kier molecular flexibility index (Phi) is 7.46. The third-order valence-corrected chi connectivity index (χ3v) is 5.43. The second kappa shape index (κ2) is 9.46. The van der Waals surface area contributed by atoms with E-state index in [4.69, 9.17) is 0 Å². The molecule has 30 heavy (non-hydrogen) atoms. The summed E-state index contributed by atoms with van der Waals surface area (Å²) in [4.78, 5) is 28.7. The largest absolute Gasteiger partial charge is 1.00 e. The van der Waals surface area contributed by atoms with E-state index in [1.54, 1.807) is 30.1 Å². The fourth-order valence-corrected chi connectivity index (χ4v) is 3.45. The second-order valence-electron chi connectivity index (χ2n) is 7.54. The standard InChI is InChI=1S/C20H27N5O4.ClH/c1-12-6-7-14(10-15(12)26)17(27)13(2)21-8-5-9-25-11-22-18-16(25)19(28)24(4)20(29)23(18)3;/h6-7,10-11,13,17,21,26-27H,5,8-9H2,1-4H3;1H. The molecule has 10 heteroatoms. The predicted octanol–water partition coefficient (Wildman–Crippen LogP) is -3.47. The van der Waals surface area contributed by atoms with Crippen LogP contribution in [-0.2, 0) is 20.6 Å². The first kappa shape index (κ1) is 23.7. The number of rotatable bonds is 7. The van der Waals surface area contributed by atoms with E-state index in [9.17, 15) is 19.8 Å². The number of aliphatic hydroxyl groups is 1. The van der Waals surface area contributed by atoms with E-state index in [-0.39, 0.29) is 29.8 Å². The SMILES string of the molecule is Cc1ccc(C(O)C(C)[NH2+]CCCn2cnc3c2c(=O)n(C)c(=O)n3C)cc1O.[Cl-]. The predicted molar refractivity (Wildman–Crippen MR) is 109 cm³/mol. The maximum Gasteiger partial charge on any atom is 0.332 e. The number of aryl methyl sites for hydroxylation is 3. The van der Waals surface area contributed by atoms with E-state index in [1.165, 1.54) is 11.6 Å². The molecule has 2 unspecified atom stereocenters. The zero-order chi connectivity index (χ0) is 21.3. The second-order valence-corrected chi connectivity index (χ2v) is 7.54. The van der Waals surface area contributed by atoms with Crippen LogP contribution in [0.3, 0.4) is 0 Å². The summed E-state index contributed by atoms with van der Waals surface area (Å²) in [6.45, 7) is 5.06. The maximum absolute atomic E-state index is 12.4. The van der Waals surface area contributed by atoms with Crippen molar-refractivity contribution in [3.05, 3.63) is 56.5 Å². The lowest BCUT2D eigenvalue weighted by Gasteiger charge is -2.18. The van der Waals surface area contributed by atoms with Crippen LogP contribution in [0, 0.1) is 6.92 Å². The summed E-state index contributed by atoms with van der Waals surface area (Å²) in [5.74, 6) is 0.178. The van der Waals surface area contributed by atoms with Gasteiger partial charge < -0.3 is 32.5 Å². The third-order valence-electron chi connectivity index (χ3n) is 5.43. The van der Waals surface area contributed by atoms with Gasteiger partial charge in [0.2, 0.25) is 0 Å². The van der Waals surface area contributed by atoms with Crippen molar-refractivity contribution in [1.29, 1.82) is 0 Å². The summed E-state index contributed by atoms with van der Waals surface area (Å²) < 4.78 is 4.22. The van der Waals surface area contributed by atoms with Crippen molar-refractivity contribution in [3.8, 4) is 5.75 Å². The lowest BCUT2D eigenvalue weighted by molar-refractivity contribution is -0.694. The molecule has 1 aromatic carbocycles. The molecule has 0 aliphatic heterocycles. The first-order chi connectivity index (χ1) is 13.7. The van der Waals surface area contributed by atoms with Gasteiger partial charge in [-0.3, -0.25) is 13.9 Å². The van der Waals surface area contributed by atoms with Gasteiger partial charge in [0, 0.05) is 27.1 Å². The molecule has 4 N–H and O–H groups in total. The molecule has 0 saturated heterocycles. The monoisotopic (exact) mass is 437 g/mol. The lowest BCUT2D eigenvalue weighted by Crippen LogP contribution is -3.00. The molecule has 9 nitrogen and oxygen atoms in total. The van der Waals surface area contributed by atoms with Crippen LogP contribution in [0.2, 0.25) is 0 Å². The van der Waals surface area contributed by atoms with Gasteiger partial charge in [-0.1, -0.05) is 12.1 Å². The minimum Gasteiger partial charge on any atom is -1.00 e. The number of benzene rings is 1. The van der Waals surface area contributed by atoms with Crippen LogP contribution >= 0.6 is 0 Å². The highest BCUT2D eigenvalue weighted by molar-refractivity contribution is 5.69. The van der Waals surface area contributed by atoms with Crippen LogP contribution in [0.1, 0.15) is 30.6 Å². The topological polar surface area (TPSA) is 119 Å². The van der Waals surface area contributed by atoms with Crippen LogP contribution in [0.15, 0.2) is 34.1 Å². The van der Waals surface area contributed by atoms with Gasteiger partial charge in [0.15, 0.2) is 11.2 Å². The Hall–Kier alpha value is -2.62. The number of halogens is 1. The smallest absolute Gasteiger partial charge is 0.332 e. The summed E-state index contributed by atoms with van der Waals surface area (Å²) in [5, 5.41) is 22.4. The average Bonchev–Trinajstić information content (AvgIpc) is 3.13. The Balaban J connectivity index is 0.00000320. The quantitative estimate of drug-likeness (QED) is 0.332. The van der Waals surface area contributed by atoms with Crippen molar-refractivity contribution >= 4 is 11.2 Å². The van der Waals surface area contributed by atoms with E-state index < -0.39 is 11.8 Å². The Morgan fingerprint density at radius 3 is 2.57 bits per heavy atom. The number of aliphatic hydroxyl groups excluding tert-OH is 1. The minimum atomic E-state index is -0.697. The number of nitrogens with zero attached hydrogens (tertiary/aromatic N) is 4. The number of fused-ring (bicyclic) bond motifs is 1. The Bertz CT molecular complexity index is 1150. The van der Waals surface area contributed by atoms with Crippen molar-refractivity contribution in [2.45, 2.75) is 39.0 Å². The van der Waals surface area contributed by atoms with Gasteiger partial charge in [-0.25, -0.2) is 9.78 Å². The van der Waals surface area contributed by atoms with Crippen molar-refractivity contribution < 1.29 is 27.9 Å². The molecular weight excluding hydrogens is 410 g/mol. The first-order valence-corrected chi connectivity index (χ1v) is 9.64. The van der Waals surface area contributed by atoms with Crippen LogP contribution in [0.25, 0.3) is 11.2 Å². The maximum atomic E-state index is 12.4. The van der Waals surface area contributed by atoms with Gasteiger partial charge in [0.25, 0.3) is 5.56 Å². The highest BCUT2D eigenvalue weighted by Crippen LogP contribution is 2.23. The first-order valence-electron chi connectivity index (χ1n) is 9.64. The normalized spacial score (nSPS) is 13.2. The van der Waals surface area contributed by atoms with E-state index >= 15 is 0 Å². The van der Waals surface area contributed by atoms with Gasteiger partial charge in [0.1, 0.15) is 17.9 Å². The Morgan fingerprint density at radius 2 is 1.90 bits per heavy atom. The summed E-state index contributed by atoms with van der Waals surface area (Å²) in [6.07, 6.45) is 1.64. The molecule has 0 saturated carbocycles. The van der Waals surface area contributed by atoms with E-state index in [0.717, 1.165) is 23.1 Å². The average molecular weight is 438 g/mol. The van der Waals surface area contributed by atoms with Crippen LogP contribution in [0.4, 0.5) is 0 Å². The van der Waals surface area contributed by atoms with Crippen molar-refractivity contribution in [2.24, 2.45) is 14.1 Å². The zero-order valence-corrected chi connectivity index (χ0v) is 18.3. The number of phenolic OH excluding ortho intramolecular Hbond substituents is 1. The summed E-state index contributed by atoms with van der Waals surface area (Å²) in [5.41, 5.74) is 1.50. The third kappa shape index (κ3) is 4.43. The molecule has 0 radical (unpaired) electrons. The highest BCUT2D eigenvalue weighted by Gasteiger charge is 2.20. The molecule has 0 spiro atoms. The van der Waals surface area contributed by atoms with E-state index in [1.807, 2.05) is 25.2 Å². The molecule has 2 heterocycles. The molecule has 2 atom stereocenters. The van der Waals surface area contributed by atoms with Gasteiger partial charge >= 0.3 is 5.69 Å². The van der Waals surface area contributed by atoms with E-state index in [2.05, 4.69) is 4.98 Å². The number of quaternary nitrogens is 1. The van der Waals surface area contributed by atoms with Crippen molar-refractivity contribution in [3.63, 3.8) is 0 Å². The molecule has 0 aliphatic carbocycles. The Labute approximate surface area is 180 Å². The van der Waals surface area contributed by atoms with E-state index in [0.29, 0.717) is 23.3 Å². The summed E-state index contributed by atoms with van der Waals surface area (Å²) in [7, 11) is 3.06. The number of nitrogens with two attached hydrogens (primary N) is 1. The molecule has 2 aromatic heterocycles. The van der Waals surface area contributed by atoms with Crippen LogP contribution in [-0.4, -0.2) is 41.5 Å². The lowest BCUT2D eigenvalue weighted by atomic mass is 10.0. The fourth-order valence-electron chi connectivity index (χ4n) is 3.45. The number of imidazole rings is 1. The zero-order valence-electron chi connectivity index (χ0n) is 17.5. The highest BCUT2D eigenvalue weighted by atomic mass is 35.5. The number of aromatic nitrogens is 4. The van der Waals surface area contributed by atoms with Crippen molar-refractivity contribution in [2.75, 3.05) is 6.54 Å².